The summed E-state index contributed by atoms with van der Waals surface area (Å²) in [5.41, 5.74) is 6.00. The van der Waals surface area contributed by atoms with Gasteiger partial charge in [-0.15, -0.1) is 0 Å². The molecule has 0 aliphatic heterocycles. The predicted octanol–water partition coefficient (Wildman–Crippen LogP) is 2.09. The molecule has 0 spiro atoms. The molecule has 0 aromatic carbocycles. The lowest BCUT2D eigenvalue weighted by molar-refractivity contribution is 0.544. The van der Waals surface area contributed by atoms with E-state index in [9.17, 15) is 0 Å². The molecular formula is C10H19N3. The van der Waals surface area contributed by atoms with Gasteiger partial charge in [0.1, 0.15) is 5.82 Å². The first kappa shape index (κ1) is 10.3. The molecule has 1 aromatic heterocycles. The molecule has 0 bridgehead atoms. The number of nitrogens with zero attached hydrogens (tertiary/aromatic N) is 2. The van der Waals surface area contributed by atoms with E-state index in [1.54, 1.807) is 0 Å². The van der Waals surface area contributed by atoms with Gasteiger partial charge in [-0.3, -0.25) is 0 Å². The molecule has 0 fully saturated rings. The first-order valence-corrected chi connectivity index (χ1v) is 5.06. The molecule has 0 saturated heterocycles. The summed E-state index contributed by atoms with van der Waals surface area (Å²) < 4.78 is 2.15. The van der Waals surface area contributed by atoms with Gasteiger partial charge in [0.2, 0.25) is 0 Å². The number of imidazole rings is 1. The van der Waals surface area contributed by atoms with Crippen molar-refractivity contribution in [3.63, 3.8) is 0 Å². The smallest absolute Gasteiger partial charge is 0.125 e. The van der Waals surface area contributed by atoms with Crippen molar-refractivity contribution in [3.8, 4) is 0 Å². The minimum atomic E-state index is 0.103. The lowest BCUT2D eigenvalue weighted by Gasteiger charge is -2.12. The minimum Gasteiger partial charge on any atom is -0.334 e. The Hall–Kier alpha value is -0.830. The molecule has 1 aromatic rings. The number of hydrogen-bond donors (Lipinski definition) is 1. The highest BCUT2D eigenvalue weighted by Crippen LogP contribution is 2.13. The van der Waals surface area contributed by atoms with Crippen molar-refractivity contribution in [2.24, 2.45) is 5.73 Å². The zero-order valence-electron chi connectivity index (χ0n) is 8.53. The third-order valence-electron chi connectivity index (χ3n) is 2.14. The average molecular weight is 181 g/mol. The fraction of sp³-hybridized carbons (Fsp3) is 0.700. The second-order valence-electron chi connectivity index (χ2n) is 3.37. The summed E-state index contributed by atoms with van der Waals surface area (Å²) >= 11 is 0. The molecule has 74 valence electrons. The van der Waals surface area contributed by atoms with E-state index < -0.39 is 0 Å². The number of aromatic nitrogens is 2. The van der Waals surface area contributed by atoms with Crippen molar-refractivity contribution >= 4 is 0 Å². The SMILES string of the molecule is CCCC(N)c1nccn1CCC. The Morgan fingerprint density at radius 3 is 2.85 bits per heavy atom. The molecule has 0 amide bonds. The maximum atomic E-state index is 6.00. The van der Waals surface area contributed by atoms with Gasteiger partial charge in [0, 0.05) is 18.9 Å². The summed E-state index contributed by atoms with van der Waals surface area (Å²) in [6.07, 6.45) is 7.10. The second-order valence-corrected chi connectivity index (χ2v) is 3.37. The van der Waals surface area contributed by atoms with E-state index in [0.29, 0.717) is 0 Å². The van der Waals surface area contributed by atoms with Crippen LogP contribution in [0.5, 0.6) is 0 Å². The Kier molecular flexibility index (Phi) is 3.96. The van der Waals surface area contributed by atoms with E-state index in [4.69, 9.17) is 5.73 Å². The van der Waals surface area contributed by atoms with Crippen LogP contribution in [0.1, 0.15) is 45.0 Å². The average Bonchev–Trinajstić information content (AvgIpc) is 2.54. The van der Waals surface area contributed by atoms with E-state index in [0.717, 1.165) is 31.6 Å². The Labute approximate surface area is 80.0 Å². The van der Waals surface area contributed by atoms with Gasteiger partial charge < -0.3 is 10.3 Å². The fourth-order valence-corrected chi connectivity index (χ4v) is 1.52. The maximum Gasteiger partial charge on any atom is 0.125 e. The Bertz CT molecular complexity index is 242. The second kappa shape index (κ2) is 5.02. The van der Waals surface area contributed by atoms with Crippen LogP contribution in [0, 0.1) is 0 Å². The third-order valence-corrected chi connectivity index (χ3v) is 2.14. The van der Waals surface area contributed by atoms with Crippen molar-refractivity contribution in [1.82, 2.24) is 9.55 Å². The topological polar surface area (TPSA) is 43.8 Å². The molecular weight excluding hydrogens is 162 g/mol. The molecule has 3 heteroatoms. The standard InChI is InChI=1S/C10H19N3/c1-3-5-9(11)10-12-6-8-13(10)7-4-2/h6,8-9H,3-5,7,11H2,1-2H3. The van der Waals surface area contributed by atoms with Crippen molar-refractivity contribution in [2.75, 3.05) is 0 Å². The van der Waals surface area contributed by atoms with E-state index in [1.807, 2.05) is 12.4 Å². The van der Waals surface area contributed by atoms with E-state index in [-0.39, 0.29) is 6.04 Å². The summed E-state index contributed by atoms with van der Waals surface area (Å²) in [5, 5.41) is 0. The van der Waals surface area contributed by atoms with Crippen LogP contribution in [0.2, 0.25) is 0 Å². The van der Waals surface area contributed by atoms with Crippen LogP contribution in [-0.2, 0) is 6.54 Å². The first-order valence-electron chi connectivity index (χ1n) is 5.06. The zero-order valence-corrected chi connectivity index (χ0v) is 8.53. The third kappa shape index (κ3) is 2.56. The molecule has 3 nitrogen and oxygen atoms in total. The molecule has 0 aliphatic rings. The van der Waals surface area contributed by atoms with Crippen molar-refractivity contribution in [2.45, 2.75) is 45.7 Å². The molecule has 2 N–H and O–H groups in total. The molecule has 0 radical (unpaired) electrons. The van der Waals surface area contributed by atoms with Gasteiger partial charge >= 0.3 is 0 Å². The van der Waals surface area contributed by atoms with E-state index >= 15 is 0 Å². The minimum absolute atomic E-state index is 0.103. The van der Waals surface area contributed by atoms with Crippen LogP contribution >= 0.6 is 0 Å². The Balaban J connectivity index is 2.68. The largest absolute Gasteiger partial charge is 0.334 e. The Morgan fingerprint density at radius 2 is 2.23 bits per heavy atom. The van der Waals surface area contributed by atoms with Gasteiger partial charge in [-0.2, -0.15) is 0 Å². The number of nitrogens with two attached hydrogens (primary N) is 1. The van der Waals surface area contributed by atoms with Gasteiger partial charge in [0.25, 0.3) is 0 Å². The Morgan fingerprint density at radius 1 is 1.46 bits per heavy atom. The number of hydrogen-bond acceptors (Lipinski definition) is 2. The van der Waals surface area contributed by atoms with Crippen LogP contribution < -0.4 is 5.73 Å². The number of rotatable bonds is 5. The molecule has 13 heavy (non-hydrogen) atoms. The van der Waals surface area contributed by atoms with Crippen LogP contribution in [-0.4, -0.2) is 9.55 Å². The quantitative estimate of drug-likeness (QED) is 0.756. The van der Waals surface area contributed by atoms with Crippen LogP contribution in [0.3, 0.4) is 0 Å². The molecule has 1 heterocycles. The van der Waals surface area contributed by atoms with Crippen molar-refractivity contribution in [3.05, 3.63) is 18.2 Å². The first-order chi connectivity index (χ1) is 6.29. The van der Waals surface area contributed by atoms with Gasteiger partial charge in [0.15, 0.2) is 0 Å². The monoisotopic (exact) mass is 181 g/mol. The van der Waals surface area contributed by atoms with Gasteiger partial charge in [-0.25, -0.2) is 4.98 Å². The molecule has 0 saturated carbocycles. The molecule has 0 aliphatic carbocycles. The zero-order chi connectivity index (χ0) is 9.68. The predicted molar refractivity (Wildman–Crippen MR) is 54.4 cm³/mol. The summed E-state index contributed by atoms with van der Waals surface area (Å²) in [4.78, 5) is 4.29. The van der Waals surface area contributed by atoms with Gasteiger partial charge in [0.05, 0.1) is 6.04 Å². The van der Waals surface area contributed by atoms with Gasteiger partial charge in [-0.1, -0.05) is 20.3 Å². The van der Waals surface area contributed by atoms with Crippen LogP contribution in [0.15, 0.2) is 12.4 Å². The van der Waals surface area contributed by atoms with E-state index in [1.165, 1.54) is 0 Å². The van der Waals surface area contributed by atoms with Crippen molar-refractivity contribution < 1.29 is 0 Å². The summed E-state index contributed by atoms with van der Waals surface area (Å²) in [5.74, 6) is 1.03. The van der Waals surface area contributed by atoms with Crippen LogP contribution in [0.25, 0.3) is 0 Å². The highest BCUT2D eigenvalue weighted by atomic mass is 15.1. The van der Waals surface area contributed by atoms with Crippen LogP contribution in [0.4, 0.5) is 0 Å². The fourth-order valence-electron chi connectivity index (χ4n) is 1.52. The van der Waals surface area contributed by atoms with Gasteiger partial charge in [-0.05, 0) is 12.8 Å². The highest BCUT2D eigenvalue weighted by Gasteiger charge is 2.10. The lowest BCUT2D eigenvalue weighted by Crippen LogP contribution is -2.16. The summed E-state index contributed by atoms with van der Waals surface area (Å²) in [6.45, 7) is 5.33. The maximum absolute atomic E-state index is 6.00. The lowest BCUT2D eigenvalue weighted by atomic mass is 10.2. The van der Waals surface area contributed by atoms with E-state index in [2.05, 4.69) is 23.4 Å². The normalized spacial score (nSPS) is 13.2. The van der Waals surface area contributed by atoms with Crippen molar-refractivity contribution in [1.29, 1.82) is 0 Å². The number of aryl methyl sites for hydroxylation is 1. The molecule has 1 unspecified atom stereocenters. The highest BCUT2D eigenvalue weighted by molar-refractivity contribution is 4.98. The molecule has 1 atom stereocenters. The summed E-state index contributed by atoms with van der Waals surface area (Å²) in [6, 6.07) is 0.103. The summed E-state index contributed by atoms with van der Waals surface area (Å²) in [7, 11) is 0. The molecule has 1 rings (SSSR count).